The lowest BCUT2D eigenvalue weighted by atomic mass is 10.1. The van der Waals surface area contributed by atoms with Gasteiger partial charge in [-0.1, -0.05) is 13.3 Å². The van der Waals surface area contributed by atoms with Crippen molar-refractivity contribution in [3.05, 3.63) is 29.8 Å². The third kappa shape index (κ3) is 9.74. The Morgan fingerprint density at radius 2 is 1.90 bits per heavy atom. The van der Waals surface area contributed by atoms with Gasteiger partial charge in [0.25, 0.3) is 0 Å². The summed E-state index contributed by atoms with van der Waals surface area (Å²) in [5, 5.41) is 6.56. The van der Waals surface area contributed by atoms with Crippen LogP contribution in [-0.4, -0.2) is 65.6 Å². The van der Waals surface area contributed by atoms with Crippen LogP contribution in [0.3, 0.4) is 0 Å². The fourth-order valence-electron chi connectivity index (χ4n) is 3.19. The van der Waals surface area contributed by atoms with Crippen LogP contribution in [0.2, 0.25) is 0 Å². The molecule has 1 heterocycles. The van der Waals surface area contributed by atoms with Crippen LogP contribution in [0.1, 0.15) is 26.2 Å². The molecule has 2 rings (SSSR count). The number of anilines is 1. The zero-order valence-electron chi connectivity index (χ0n) is 18.0. The number of hydrogen-bond acceptors (Lipinski definition) is 4. The number of guanidine groups is 1. The number of nitrogens with one attached hydrogen (secondary N) is 2. The predicted octanol–water partition coefficient (Wildman–Crippen LogP) is 3.41. The predicted molar refractivity (Wildman–Crippen MR) is 128 cm³/mol. The largest absolute Gasteiger partial charge is 0.379 e. The molecule has 1 aromatic carbocycles. The van der Waals surface area contributed by atoms with E-state index in [1.165, 1.54) is 12.1 Å². The molecule has 1 atom stereocenters. The first kappa shape index (κ1) is 26.8. The van der Waals surface area contributed by atoms with Crippen LogP contribution >= 0.6 is 24.0 Å². The molecule has 1 aliphatic rings. The average Bonchev–Trinajstić information content (AvgIpc) is 3.20. The summed E-state index contributed by atoms with van der Waals surface area (Å²) in [4.78, 5) is 6.31. The molecule has 1 saturated heterocycles. The van der Waals surface area contributed by atoms with Crippen LogP contribution in [-0.2, 0) is 9.47 Å². The molecular formula is C21H35F2IN4O2. The summed E-state index contributed by atoms with van der Waals surface area (Å²) in [7, 11) is 1.74. The highest BCUT2D eigenvalue weighted by atomic mass is 127. The van der Waals surface area contributed by atoms with Gasteiger partial charge in [-0.2, -0.15) is 0 Å². The lowest BCUT2D eigenvalue weighted by molar-refractivity contribution is 0.0487. The molecule has 1 aromatic rings. The maximum Gasteiger partial charge on any atom is 0.191 e. The Bertz CT molecular complexity index is 637. The summed E-state index contributed by atoms with van der Waals surface area (Å²) >= 11 is 0. The van der Waals surface area contributed by atoms with Crippen molar-refractivity contribution < 1.29 is 18.3 Å². The average molecular weight is 540 g/mol. The van der Waals surface area contributed by atoms with Crippen molar-refractivity contribution in [3.8, 4) is 0 Å². The van der Waals surface area contributed by atoms with E-state index in [0.29, 0.717) is 32.3 Å². The van der Waals surface area contributed by atoms with Crippen molar-refractivity contribution in [2.75, 3.05) is 64.6 Å². The first-order chi connectivity index (χ1) is 14.1. The van der Waals surface area contributed by atoms with E-state index in [-0.39, 0.29) is 24.0 Å². The number of ether oxygens (including phenoxy) is 2. The Labute approximate surface area is 195 Å². The van der Waals surface area contributed by atoms with E-state index >= 15 is 0 Å². The highest BCUT2D eigenvalue weighted by Crippen LogP contribution is 2.24. The Morgan fingerprint density at radius 3 is 2.60 bits per heavy atom. The first-order valence-corrected chi connectivity index (χ1v) is 10.4. The van der Waals surface area contributed by atoms with Gasteiger partial charge < -0.3 is 25.0 Å². The molecule has 0 aliphatic carbocycles. The van der Waals surface area contributed by atoms with Crippen LogP contribution in [0, 0.1) is 17.6 Å². The van der Waals surface area contributed by atoms with Gasteiger partial charge in [-0.25, -0.2) is 8.78 Å². The molecule has 1 unspecified atom stereocenters. The summed E-state index contributed by atoms with van der Waals surface area (Å²) in [5.74, 6) is -0.463. The second-order valence-corrected chi connectivity index (χ2v) is 7.16. The number of rotatable bonds is 12. The Kier molecular flexibility index (Phi) is 13.9. The van der Waals surface area contributed by atoms with E-state index in [2.05, 4.69) is 27.4 Å². The molecule has 0 spiro atoms. The first-order valence-electron chi connectivity index (χ1n) is 10.4. The molecule has 0 aromatic heterocycles. The minimum Gasteiger partial charge on any atom is -0.379 e. The Morgan fingerprint density at radius 1 is 1.13 bits per heavy atom. The van der Waals surface area contributed by atoms with E-state index in [1.807, 2.05) is 0 Å². The Balaban J connectivity index is 0.00000450. The number of halogens is 3. The quantitative estimate of drug-likeness (QED) is 0.184. The summed E-state index contributed by atoms with van der Waals surface area (Å²) in [5.41, 5.74) is 0.727. The highest BCUT2D eigenvalue weighted by molar-refractivity contribution is 14.0. The monoisotopic (exact) mass is 540 g/mol. The molecule has 172 valence electrons. The van der Waals surface area contributed by atoms with Gasteiger partial charge in [-0.15, -0.1) is 24.0 Å². The summed E-state index contributed by atoms with van der Waals surface area (Å²) < 4.78 is 37.5. The number of unbranched alkanes of at least 4 members (excludes halogenated alkanes) is 1. The van der Waals surface area contributed by atoms with Crippen LogP contribution in [0.15, 0.2) is 23.2 Å². The van der Waals surface area contributed by atoms with E-state index in [1.54, 1.807) is 13.1 Å². The molecule has 0 radical (unpaired) electrons. The van der Waals surface area contributed by atoms with Gasteiger partial charge in [0.15, 0.2) is 17.6 Å². The van der Waals surface area contributed by atoms with Crippen molar-refractivity contribution in [2.24, 2.45) is 10.9 Å². The van der Waals surface area contributed by atoms with Crippen molar-refractivity contribution in [3.63, 3.8) is 0 Å². The summed E-state index contributed by atoms with van der Waals surface area (Å²) in [6.45, 7) is 7.82. The van der Waals surface area contributed by atoms with E-state index in [4.69, 9.17) is 9.47 Å². The van der Waals surface area contributed by atoms with Gasteiger partial charge in [0.2, 0.25) is 0 Å². The molecule has 6 nitrogen and oxygen atoms in total. The second kappa shape index (κ2) is 15.6. The molecule has 9 heteroatoms. The van der Waals surface area contributed by atoms with Gasteiger partial charge in [-0.05, 0) is 30.9 Å². The molecule has 0 amide bonds. The van der Waals surface area contributed by atoms with Crippen molar-refractivity contribution in [2.45, 2.75) is 26.2 Å². The van der Waals surface area contributed by atoms with Gasteiger partial charge in [0.05, 0.1) is 19.8 Å². The number of hydrogen-bond donors (Lipinski definition) is 2. The SMILES string of the molecule is CCCCOCCOCCNC(=NC)NCC1CCN(c2ccc(F)c(F)c2)C1.I. The highest BCUT2D eigenvalue weighted by Gasteiger charge is 2.23. The summed E-state index contributed by atoms with van der Waals surface area (Å²) in [6, 6.07) is 4.07. The van der Waals surface area contributed by atoms with Crippen LogP contribution in [0.5, 0.6) is 0 Å². The fourth-order valence-corrected chi connectivity index (χ4v) is 3.19. The van der Waals surface area contributed by atoms with E-state index < -0.39 is 11.6 Å². The minimum atomic E-state index is -0.811. The summed E-state index contributed by atoms with van der Waals surface area (Å²) in [6.07, 6.45) is 3.22. The molecular weight excluding hydrogens is 505 g/mol. The van der Waals surface area contributed by atoms with Crippen LogP contribution in [0.25, 0.3) is 0 Å². The van der Waals surface area contributed by atoms with Gasteiger partial charge in [0, 0.05) is 51.6 Å². The molecule has 0 saturated carbocycles. The molecule has 2 N–H and O–H groups in total. The van der Waals surface area contributed by atoms with Crippen LogP contribution < -0.4 is 15.5 Å². The van der Waals surface area contributed by atoms with Gasteiger partial charge in [-0.3, -0.25) is 4.99 Å². The van der Waals surface area contributed by atoms with Gasteiger partial charge in [0.1, 0.15) is 0 Å². The van der Waals surface area contributed by atoms with Gasteiger partial charge >= 0.3 is 0 Å². The fraction of sp³-hybridized carbons (Fsp3) is 0.667. The number of nitrogens with zero attached hydrogens (tertiary/aromatic N) is 2. The molecule has 1 aliphatic heterocycles. The number of benzene rings is 1. The van der Waals surface area contributed by atoms with E-state index in [0.717, 1.165) is 57.2 Å². The zero-order valence-corrected chi connectivity index (χ0v) is 20.3. The molecule has 30 heavy (non-hydrogen) atoms. The van der Waals surface area contributed by atoms with Crippen molar-refractivity contribution >= 4 is 35.6 Å². The lowest BCUT2D eigenvalue weighted by Crippen LogP contribution is -2.41. The standard InChI is InChI=1S/C21H34F2N4O2.HI/c1-3-4-10-28-12-13-29-11-8-25-21(24-2)26-15-17-7-9-27(16-17)18-5-6-19(22)20(23)14-18;/h5-6,14,17H,3-4,7-13,15-16H2,1-2H3,(H2,24,25,26);1H. The van der Waals surface area contributed by atoms with E-state index in [9.17, 15) is 8.78 Å². The maximum absolute atomic E-state index is 13.4. The molecule has 0 bridgehead atoms. The second-order valence-electron chi connectivity index (χ2n) is 7.16. The van der Waals surface area contributed by atoms with Crippen molar-refractivity contribution in [1.29, 1.82) is 0 Å². The Hall–Kier alpha value is -1.20. The normalized spacial score (nSPS) is 16.5. The topological polar surface area (TPSA) is 58.1 Å². The third-order valence-corrected chi connectivity index (χ3v) is 4.89. The molecule has 1 fully saturated rings. The minimum absolute atomic E-state index is 0. The zero-order chi connectivity index (χ0) is 20.9. The maximum atomic E-state index is 13.4. The van der Waals surface area contributed by atoms with Crippen molar-refractivity contribution in [1.82, 2.24) is 10.6 Å². The smallest absolute Gasteiger partial charge is 0.191 e. The third-order valence-electron chi connectivity index (χ3n) is 4.89. The lowest BCUT2D eigenvalue weighted by Gasteiger charge is -2.19. The van der Waals surface area contributed by atoms with Crippen LogP contribution in [0.4, 0.5) is 14.5 Å². The number of aliphatic imine (C=N–C) groups is 1.